The van der Waals surface area contributed by atoms with E-state index < -0.39 is 32.5 Å². The lowest BCUT2D eigenvalue weighted by molar-refractivity contribution is -0.161. The first kappa shape index (κ1) is 52.3. The quantitative estimate of drug-likeness (QED) is 0.0272. The van der Waals surface area contributed by atoms with Gasteiger partial charge in [-0.3, -0.25) is 14.1 Å². The molecule has 2 N–H and O–H groups in total. The largest absolute Gasteiger partial charge is 0.469 e. The molecule has 0 fully saturated rings. The van der Waals surface area contributed by atoms with Crippen LogP contribution in [-0.4, -0.2) is 41.0 Å². The van der Waals surface area contributed by atoms with E-state index in [0.717, 1.165) is 44.9 Å². The van der Waals surface area contributed by atoms with E-state index in [2.05, 4.69) is 48.8 Å². The summed E-state index contributed by atoms with van der Waals surface area (Å²) in [6.45, 7) is 3.66. The number of carbonyl (C=O) groups excluding carboxylic acids is 2. The van der Waals surface area contributed by atoms with Gasteiger partial charge in [0, 0.05) is 12.8 Å². The molecule has 0 saturated heterocycles. The van der Waals surface area contributed by atoms with Crippen molar-refractivity contribution < 1.29 is 37.9 Å². The van der Waals surface area contributed by atoms with E-state index in [1.54, 1.807) is 0 Å². The Kier molecular flexibility index (Phi) is 39.6. The summed E-state index contributed by atoms with van der Waals surface area (Å²) >= 11 is 0. The second-order valence-electron chi connectivity index (χ2n) is 15.0. The second-order valence-corrected chi connectivity index (χ2v) is 16.3. The molecule has 0 aromatic carbocycles. The molecule has 0 bridgehead atoms. The first-order chi connectivity index (χ1) is 26.3. The number of unbranched alkanes of at least 4 members (excludes halogenated alkanes) is 25. The minimum Gasteiger partial charge on any atom is -0.462 e. The van der Waals surface area contributed by atoms with E-state index in [1.807, 2.05) is 6.08 Å². The van der Waals surface area contributed by atoms with Crippen LogP contribution in [0, 0.1) is 0 Å². The molecule has 0 rings (SSSR count). The first-order valence-corrected chi connectivity index (χ1v) is 23.8. The molecule has 9 heteroatoms. The van der Waals surface area contributed by atoms with Crippen molar-refractivity contribution in [2.24, 2.45) is 0 Å². The van der Waals surface area contributed by atoms with Crippen molar-refractivity contribution in [3.05, 3.63) is 36.5 Å². The molecule has 54 heavy (non-hydrogen) atoms. The van der Waals surface area contributed by atoms with Crippen LogP contribution in [0.3, 0.4) is 0 Å². The number of phosphoric acid groups is 1. The average molecular weight is 783 g/mol. The summed E-state index contributed by atoms with van der Waals surface area (Å²) in [5, 5.41) is 0. The predicted octanol–water partition coefficient (Wildman–Crippen LogP) is 13.7. The molecule has 0 aliphatic carbocycles. The van der Waals surface area contributed by atoms with Crippen molar-refractivity contribution in [1.29, 1.82) is 0 Å². The lowest BCUT2D eigenvalue weighted by Gasteiger charge is -2.18. The monoisotopic (exact) mass is 783 g/mol. The zero-order valence-electron chi connectivity index (χ0n) is 34.9. The number of esters is 2. The first-order valence-electron chi connectivity index (χ1n) is 22.3. The number of phosphoric ester groups is 1. The van der Waals surface area contributed by atoms with E-state index in [-0.39, 0.29) is 19.4 Å². The van der Waals surface area contributed by atoms with E-state index >= 15 is 0 Å². The summed E-state index contributed by atoms with van der Waals surface area (Å²) in [7, 11) is -4.76. The Bertz CT molecular complexity index is 973. The molecular formula is C45H83O8P. The average Bonchev–Trinajstić information content (AvgIpc) is 3.14. The highest BCUT2D eigenvalue weighted by molar-refractivity contribution is 7.46. The molecule has 0 aromatic rings. The standard InChI is InChI=1S/C45H83O8P/c1-3-5-7-9-11-13-15-17-19-21-22-24-26-28-30-32-34-36-38-40-45(47)53-43(42-52-54(48,49)50)41-51-44(46)39-37-35-33-31-29-27-25-23-20-18-16-14-12-10-8-6-4-2/h18,20,25,27,31,33,43H,3-17,19,21-24,26,28-30,32,34-42H2,1-2H3,(H2,48,49,50)/b20-18-,27-25-,33-31-/t43-/m1/s1. The van der Waals surface area contributed by atoms with Crippen molar-refractivity contribution in [2.75, 3.05) is 13.2 Å². The van der Waals surface area contributed by atoms with E-state index in [9.17, 15) is 14.2 Å². The third-order valence-electron chi connectivity index (χ3n) is 9.66. The number of rotatable bonds is 41. The molecule has 0 heterocycles. The fraction of sp³-hybridized carbons (Fsp3) is 0.822. The molecule has 0 aromatic heterocycles. The summed E-state index contributed by atoms with van der Waals surface area (Å²) in [4.78, 5) is 42.9. The molecule has 0 radical (unpaired) electrons. The molecule has 8 nitrogen and oxygen atoms in total. The minimum atomic E-state index is -4.76. The van der Waals surface area contributed by atoms with Crippen molar-refractivity contribution in [1.82, 2.24) is 0 Å². The van der Waals surface area contributed by atoms with Gasteiger partial charge in [-0.15, -0.1) is 0 Å². The maximum atomic E-state index is 12.4. The summed E-state index contributed by atoms with van der Waals surface area (Å²) in [5.74, 6) is -0.937. The molecule has 0 saturated carbocycles. The lowest BCUT2D eigenvalue weighted by atomic mass is 10.0. The third-order valence-corrected chi connectivity index (χ3v) is 10.1. The SMILES string of the molecule is CCCCCCCC/C=C\C/C=C\C/C=C\CCCC(=O)OC[C@H](COP(=O)(O)O)OC(=O)CCCCCCCCCCCCCCCCCCCCC. The van der Waals surface area contributed by atoms with Gasteiger partial charge in [-0.2, -0.15) is 0 Å². The van der Waals surface area contributed by atoms with Gasteiger partial charge in [-0.05, 0) is 44.9 Å². The zero-order chi connectivity index (χ0) is 39.6. The van der Waals surface area contributed by atoms with Gasteiger partial charge in [0.25, 0.3) is 0 Å². The highest BCUT2D eigenvalue weighted by atomic mass is 31.2. The maximum Gasteiger partial charge on any atom is 0.469 e. The fourth-order valence-electron chi connectivity index (χ4n) is 6.33. The normalized spacial score (nSPS) is 12.7. The topological polar surface area (TPSA) is 119 Å². The molecule has 316 valence electrons. The zero-order valence-corrected chi connectivity index (χ0v) is 35.8. The summed E-state index contributed by atoms with van der Waals surface area (Å²) in [5.41, 5.74) is 0. The molecular weight excluding hydrogens is 699 g/mol. The Balaban J connectivity index is 3.94. The van der Waals surface area contributed by atoms with E-state index in [0.29, 0.717) is 12.8 Å². The highest BCUT2D eigenvalue weighted by Gasteiger charge is 2.22. The Morgan fingerprint density at radius 3 is 1.30 bits per heavy atom. The van der Waals surface area contributed by atoms with Crippen molar-refractivity contribution in [3.8, 4) is 0 Å². The van der Waals surface area contributed by atoms with Crippen molar-refractivity contribution >= 4 is 19.8 Å². The van der Waals surface area contributed by atoms with Gasteiger partial charge >= 0.3 is 19.8 Å². The second kappa shape index (κ2) is 40.9. The highest BCUT2D eigenvalue weighted by Crippen LogP contribution is 2.36. The number of carbonyl (C=O) groups is 2. The van der Waals surface area contributed by atoms with Crippen LogP contribution in [0.1, 0.15) is 219 Å². The maximum absolute atomic E-state index is 12.4. The molecule has 0 spiro atoms. The Labute approximate surface area is 332 Å². The minimum absolute atomic E-state index is 0.197. The molecule has 0 aliphatic heterocycles. The van der Waals surface area contributed by atoms with Gasteiger partial charge in [0.1, 0.15) is 6.61 Å². The molecule has 0 aliphatic rings. The van der Waals surface area contributed by atoms with Crippen LogP contribution >= 0.6 is 7.82 Å². The van der Waals surface area contributed by atoms with Gasteiger partial charge in [0.15, 0.2) is 6.10 Å². The van der Waals surface area contributed by atoms with Crippen LogP contribution in [0.4, 0.5) is 0 Å². The Morgan fingerprint density at radius 2 is 0.852 bits per heavy atom. The predicted molar refractivity (Wildman–Crippen MR) is 225 cm³/mol. The smallest absolute Gasteiger partial charge is 0.462 e. The summed E-state index contributed by atoms with van der Waals surface area (Å²) < 4.78 is 26.4. The third kappa shape index (κ3) is 43.0. The number of hydrogen-bond acceptors (Lipinski definition) is 6. The molecule has 0 unspecified atom stereocenters. The summed E-state index contributed by atoms with van der Waals surface area (Å²) in [6, 6.07) is 0. The molecule has 0 amide bonds. The van der Waals surface area contributed by atoms with Crippen molar-refractivity contribution in [3.63, 3.8) is 0 Å². The number of ether oxygens (including phenoxy) is 2. The van der Waals surface area contributed by atoms with Crippen LogP contribution in [-0.2, 0) is 28.2 Å². The summed E-state index contributed by atoms with van der Waals surface area (Å²) in [6.07, 6.45) is 48.8. The molecule has 1 atom stereocenters. The van der Waals surface area contributed by atoms with Crippen LogP contribution in [0.15, 0.2) is 36.5 Å². The Hall–Kier alpha value is -1.73. The van der Waals surface area contributed by atoms with Crippen LogP contribution in [0.25, 0.3) is 0 Å². The lowest BCUT2D eigenvalue weighted by Crippen LogP contribution is -2.29. The van der Waals surface area contributed by atoms with Crippen LogP contribution in [0.5, 0.6) is 0 Å². The van der Waals surface area contributed by atoms with E-state index in [1.165, 1.54) is 135 Å². The fourth-order valence-corrected chi connectivity index (χ4v) is 6.69. The van der Waals surface area contributed by atoms with Gasteiger partial charge < -0.3 is 19.3 Å². The van der Waals surface area contributed by atoms with Gasteiger partial charge in [-0.25, -0.2) is 4.57 Å². The van der Waals surface area contributed by atoms with Crippen LogP contribution < -0.4 is 0 Å². The number of allylic oxidation sites excluding steroid dienone is 6. The van der Waals surface area contributed by atoms with Crippen LogP contribution in [0.2, 0.25) is 0 Å². The number of hydrogen-bond donors (Lipinski definition) is 2. The van der Waals surface area contributed by atoms with Gasteiger partial charge in [-0.1, -0.05) is 198 Å². The van der Waals surface area contributed by atoms with E-state index in [4.69, 9.17) is 19.3 Å². The van der Waals surface area contributed by atoms with Gasteiger partial charge in [0.2, 0.25) is 0 Å². The van der Waals surface area contributed by atoms with Crippen molar-refractivity contribution in [2.45, 2.75) is 225 Å². The van der Waals surface area contributed by atoms with Gasteiger partial charge in [0.05, 0.1) is 6.61 Å². The Morgan fingerprint density at radius 1 is 0.481 bits per heavy atom.